The zero-order chi connectivity index (χ0) is 15.4. The molecule has 0 saturated carbocycles. The number of Topliss-reactive ketones (excluding diaryl/α,β-unsaturated/α-hetero) is 1. The molecule has 0 spiro atoms. The van der Waals surface area contributed by atoms with Crippen LogP contribution in [0.3, 0.4) is 0 Å². The first kappa shape index (κ1) is 14.7. The van der Waals surface area contributed by atoms with Crippen LogP contribution >= 0.6 is 0 Å². The van der Waals surface area contributed by atoms with Crippen molar-refractivity contribution >= 4 is 11.8 Å². The molecule has 0 bridgehead atoms. The number of esters is 1. The van der Waals surface area contributed by atoms with E-state index < -0.39 is 12.1 Å². The second-order valence-electron chi connectivity index (χ2n) is 4.72. The van der Waals surface area contributed by atoms with E-state index in [1.54, 1.807) is 12.1 Å². The largest absolute Gasteiger partial charge is 0.619 e. The molecule has 1 aromatic heterocycles. The normalized spacial score (nSPS) is 11.7. The predicted octanol–water partition coefficient (Wildman–Crippen LogP) is 2.06. The highest BCUT2D eigenvalue weighted by atomic mass is 16.5. The average Bonchev–Trinajstić information content (AvgIpc) is 2.47. The Kier molecular flexibility index (Phi) is 4.33. The molecular weight excluding hydrogens is 270 g/mol. The molecule has 1 aromatic carbocycles. The van der Waals surface area contributed by atoms with Crippen molar-refractivity contribution in [3.05, 3.63) is 70.7 Å². The van der Waals surface area contributed by atoms with Gasteiger partial charge in [0, 0.05) is 17.7 Å². The average molecular weight is 285 g/mol. The third-order valence-corrected chi connectivity index (χ3v) is 3.03. The molecular formula is C16H15NO4. The molecule has 0 aliphatic carbocycles. The Bertz CT molecular complexity index is 647. The summed E-state index contributed by atoms with van der Waals surface area (Å²) >= 11 is 0. The fourth-order valence-corrected chi connectivity index (χ4v) is 1.78. The van der Waals surface area contributed by atoms with E-state index in [1.165, 1.54) is 31.5 Å². The standard InChI is InChI=1S/C16H15NO4/c1-11-3-5-13(6-4-11)15(18)12(2)21-16(19)14-7-9-17(20)10-8-14/h3-10,12H,1-2H3. The van der Waals surface area contributed by atoms with Gasteiger partial charge in [0.05, 0.1) is 5.56 Å². The van der Waals surface area contributed by atoms with E-state index >= 15 is 0 Å². The molecule has 0 fully saturated rings. The van der Waals surface area contributed by atoms with Gasteiger partial charge in [0.2, 0.25) is 5.78 Å². The fourth-order valence-electron chi connectivity index (χ4n) is 1.78. The summed E-state index contributed by atoms with van der Waals surface area (Å²) in [6, 6.07) is 9.74. The second kappa shape index (κ2) is 6.17. The Morgan fingerprint density at radius 1 is 1.05 bits per heavy atom. The Morgan fingerprint density at radius 3 is 2.19 bits per heavy atom. The Balaban J connectivity index is 2.05. The van der Waals surface area contributed by atoms with Gasteiger partial charge in [-0.3, -0.25) is 4.79 Å². The summed E-state index contributed by atoms with van der Waals surface area (Å²) in [4.78, 5) is 24.0. The minimum atomic E-state index is -0.889. The minimum absolute atomic E-state index is 0.227. The molecule has 0 aliphatic heterocycles. The highest BCUT2D eigenvalue weighted by Crippen LogP contribution is 2.10. The van der Waals surface area contributed by atoms with E-state index in [1.807, 2.05) is 19.1 Å². The number of carbonyl (C=O) groups is 2. The predicted molar refractivity (Wildman–Crippen MR) is 75.8 cm³/mol. The summed E-state index contributed by atoms with van der Waals surface area (Å²) in [5.74, 6) is -0.901. The SMILES string of the molecule is Cc1ccc(C(=O)C(C)OC(=O)c2cc[n+]([O-])cc2)cc1. The van der Waals surface area contributed by atoms with Gasteiger partial charge in [0.25, 0.3) is 0 Å². The molecule has 0 N–H and O–H groups in total. The summed E-state index contributed by atoms with van der Waals surface area (Å²) in [7, 11) is 0. The molecule has 1 unspecified atom stereocenters. The molecule has 108 valence electrons. The van der Waals surface area contributed by atoms with Gasteiger partial charge in [-0.25, -0.2) is 4.79 Å². The van der Waals surface area contributed by atoms with Crippen molar-refractivity contribution in [2.75, 3.05) is 0 Å². The summed E-state index contributed by atoms with van der Waals surface area (Å²) in [6.07, 6.45) is 1.51. The minimum Gasteiger partial charge on any atom is -0.619 e. The third-order valence-electron chi connectivity index (χ3n) is 3.03. The zero-order valence-electron chi connectivity index (χ0n) is 11.8. The molecule has 2 aromatic rings. The van der Waals surface area contributed by atoms with Crippen LogP contribution in [0.1, 0.15) is 33.2 Å². The number of ketones is 1. The lowest BCUT2D eigenvalue weighted by Crippen LogP contribution is -2.27. The number of carbonyl (C=O) groups excluding carboxylic acids is 2. The first-order valence-electron chi connectivity index (χ1n) is 6.48. The number of hydrogen-bond acceptors (Lipinski definition) is 4. The highest BCUT2D eigenvalue weighted by molar-refractivity contribution is 6.01. The number of hydrogen-bond donors (Lipinski definition) is 0. The molecule has 2 rings (SSSR count). The van der Waals surface area contributed by atoms with Gasteiger partial charge in [-0.1, -0.05) is 29.8 Å². The van der Waals surface area contributed by atoms with Gasteiger partial charge in [0.15, 0.2) is 18.5 Å². The van der Waals surface area contributed by atoms with E-state index in [4.69, 9.17) is 4.74 Å². The van der Waals surface area contributed by atoms with Crippen LogP contribution in [0.4, 0.5) is 0 Å². The van der Waals surface area contributed by atoms with E-state index in [0.29, 0.717) is 10.3 Å². The van der Waals surface area contributed by atoms with Crippen LogP contribution in [0.5, 0.6) is 0 Å². The number of aromatic nitrogens is 1. The lowest BCUT2D eigenvalue weighted by atomic mass is 10.1. The Labute approximate surface area is 122 Å². The fraction of sp³-hybridized carbons (Fsp3) is 0.188. The zero-order valence-corrected chi connectivity index (χ0v) is 11.8. The lowest BCUT2D eigenvalue weighted by molar-refractivity contribution is -0.605. The number of nitrogens with zero attached hydrogens (tertiary/aromatic N) is 1. The maximum atomic E-state index is 12.1. The first-order valence-corrected chi connectivity index (χ1v) is 6.48. The monoisotopic (exact) mass is 285 g/mol. The van der Waals surface area contributed by atoms with Gasteiger partial charge in [-0.05, 0) is 13.8 Å². The maximum absolute atomic E-state index is 12.1. The highest BCUT2D eigenvalue weighted by Gasteiger charge is 2.20. The molecule has 1 atom stereocenters. The van der Waals surface area contributed by atoms with Crippen molar-refractivity contribution in [2.24, 2.45) is 0 Å². The number of rotatable bonds is 4. The molecule has 0 radical (unpaired) electrons. The van der Waals surface area contributed by atoms with Crippen LogP contribution in [-0.2, 0) is 4.74 Å². The van der Waals surface area contributed by atoms with Crippen LogP contribution in [-0.4, -0.2) is 17.9 Å². The van der Waals surface area contributed by atoms with Gasteiger partial charge in [-0.15, -0.1) is 0 Å². The van der Waals surface area contributed by atoms with Crippen molar-refractivity contribution in [2.45, 2.75) is 20.0 Å². The van der Waals surface area contributed by atoms with Gasteiger partial charge >= 0.3 is 5.97 Å². The first-order chi connectivity index (χ1) is 9.97. The lowest BCUT2D eigenvalue weighted by Gasteiger charge is -2.12. The van der Waals surface area contributed by atoms with Crippen LogP contribution in [0, 0.1) is 12.1 Å². The van der Waals surface area contributed by atoms with Gasteiger partial charge in [0.1, 0.15) is 0 Å². The maximum Gasteiger partial charge on any atom is 0.339 e. The van der Waals surface area contributed by atoms with Crippen LogP contribution in [0.15, 0.2) is 48.8 Å². The number of aryl methyl sites for hydroxylation is 1. The van der Waals surface area contributed by atoms with Gasteiger partial charge in [-0.2, -0.15) is 4.73 Å². The second-order valence-corrected chi connectivity index (χ2v) is 4.72. The third kappa shape index (κ3) is 3.66. The quantitative estimate of drug-likeness (QED) is 0.373. The van der Waals surface area contributed by atoms with E-state index in [2.05, 4.69) is 0 Å². The van der Waals surface area contributed by atoms with E-state index in [0.717, 1.165) is 5.56 Å². The molecule has 1 heterocycles. The van der Waals surface area contributed by atoms with Crippen molar-refractivity contribution in [3.63, 3.8) is 0 Å². The topological polar surface area (TPSA) is 70.3 Å². The van der Waals surface area contributed by atoms with Crippen molar-refractivity contribution in [1.29, 1.82) is 0 Å². The Hall–Kier alpha value is -2.69. The summed E-state index contributed by atoms with van der Waals surface area (Å²) in [6.45, 7) is 3.45. The summed E-state index contributed by atoms with van der Waals surface area (Å²) in [5, 5.41) is 10.9. The van der Waals surface area contributed by atoms with E-state index in [9.17, 15) is 14.8 Å². The van der Waals surface area contributed by atoms with Crippen LogP contribution < -0.4 is 4.73 Å². The molecule has 21 heavy (non-hydrogen) atoms. The van der Waals surface area contributed by atoms with Crippen molar-refractivity contribution in [3.8, 4) is 0 Å². The molecule has 5 heteroatoms. The Morgan fingerprint density at radius 2 is 1.62 bits per heavy atom. The van der Waals surface area contributed by atoms with E-state index in [-0.39, 0.29) is 11.3 Å². The van der Waals surface area contributed by atoms with Gasteiger partial charge < -0.3 is 9.94 Å². The number of benzene rings is 1. The molecule has 5 nitrogen and oxygen atoms in total. The smallest absolute Gasteiger partial charge is 0.339 e. The molecule has 0 amide bonds. The summed E-state index contributed by atoms with van der Waals surface area (Å²) in [5.41, 5.74) is 1.77. The van der Waals surface area contributed by atoms with Crippen molar-refractivity contribution < 1.29 is 19.1 Å². The molecule has 0 aliphatic rings. The van der Waals surface area contributed by atoms with Crippen molar-refractivity contribution in [1.82, 2.24) is 0 Å². The number of pyridine rings is 1. The van der Waals surface area contributed by atoms with Crippen LogP contribution in [0.2, 0.25) is 0 Å². The molecule has 0 saturated heterocycles. The van der Waals surface area contributed by atoms with Crippen LogP contribution in [0.25, 0.3) is 0 Å². The number of ether oxygens (including phenoxy) is 1. The summed E-state index contributed by atoms with van der Waals surface area (Å²) < 4.78 is 5.69.